The molecule has 80 valence electrons. The fourth-order valence-electron chi connectivity index (χ4n) is 1.48. The molecule has 0 aliphatic carbocycles. The highest BCUT2D eigenvalue weighted by Gasteiger charge is 1.96. The molecule has 2 rings (SSSR count). The normalized spacial score (nSPS) is 11.5. The first-order chi connectivity index (χ1) is 7.75. The van der Waals surface area contributed by atoms with Gasteiger partial charge >= 0.3 is 0 Å². The van der Waals surface area contributed by atoms with Gasteiger partial charge in [-0.05, 0) is 48.4 Å². The Kier molecular flexibility index (Phi) is 3.52. The maximum Gasteiger partial charge on any atom is 0.0632 e. The summed E-state index contributed by atoms with van der Waals surface area (Å²) in [5, 5.41) is 0. The summed E-state index contributed by atoms with van der Waals surface area (Å²) >= 11 is 3.43. The predicted octanol–water partition coefficient (Wildman–Crippen LogP) is 4.40. The van der Waals surface area contributed by atoms with Crippen LogP contribution in [0.3, 0.4) is 0 Å². The van der Waals surface area contributed by atoms with Crippen molar-refractivity contribution in [2.24, 2.45) is 0 Å². The van der Waals surface area contributed by atoms with Crippen LogP contribution in [0.4, 0.5) is 0 Å². The lowest BCUT2D eigenvalue weighted by molar-refractivity contribution is 1.29. The Morgan fingerprint density at radius 1 is 1.12 bits per heavy atom. The van der Waals surface area contributed by atoms with Crippen LogP contribution >= 0.6 is 15.9 Å². The third-order valence-corrected chi connectivity index (χ3v) is 2.88. The van der Waals surface area contributed by atoms with Gasteiger partial charge in [0.25, 0.3) is 0 Å². The Labute approximate surface area is 104 Å². The van der Waals surface area contributed by atoms with Crippen LogP contribution in [0.25, 0.3) is 11.6 Å². The average molecular weight is 274 g/mol. The Morgan fingerprint density at radius 2 is 1.88 bits per heavy atom. The Hall–Kier alpha value is -1.41. The zero-order valence-electron chi connectivity index (χ0n) is 9.02. The van der Waals surface area contributed by atoms with Crippen LogP contribution in [0.5, 0.6) is 0 Å². The molecule has 0 fully saturated rings. The molecule has 0 aliphatic rings. The zero-order valence-corrected chi connectivity index (χ0v) is 10.6. The van der Waals surface area contributed by atoms with Gasteiger partial charge in [0.15, 0.2) is 0 Å². The summed E-state index contributed by atoms with van der Waals surface area (Å²) in [7, 11) is 0. The minimum Gasteiger partial charge on any atom is -0.257 e. The van der Waals surface area contributed by atoms with Crippen molar-refractivity contribution >= 4 is 27.6 Å². The van der Waals surface area contributed by atoms with E-state index in [0.29, 0.717) is 0 Å². The van der Waals surface area contributed by atoms with Crippen LogP contribution in [0.2, 0.25) is 0 Å². The van der Waals surface area contributed by atoms with Gasteiger partial charge in [0.1, 0.15) is 0 Å². The first-order valence-corrected chi connectivity index (χ1v) is 5.90. The molecule has 0 unspecified atom stereocenters. The van der Waals surface area contributed by atoms with Gasteiger partial charge in [0.05, 0.1) is 5.69 Å². The fraction of sp³-hybridized carbons (Fsp3) is 0.0714. The topological polar surface area (TPSA) is 12.9 Å². The molecule has 0 radical (unpaired) electrons. The second-order valence-corrected chi connectivity index (χ2v) is 4.50. The van der Waals surface area contributed by atoms with Crippen molar-refractivity contribution < 1.29 is 0 Å². The first-order valence-electron chi connectivity index (χ1n) is 5.11. The minimum absolute atomic E-state index is 0.989. The van der Waals surface area contributed by atoms with Crippen molar-refractivity contribution in [1.82, 2.24) is 4.98 Å². The highest BCUT2D eigenvalue weighted by molar-refractivity contribution is 9.10. The molecule has 1 aromatic heterocycles. The molecule has 0 bridgehead atoms. The van der Waals surface area contributed by atoms with E-state index >= 15 is 0 Å². The van der Waals surface area contributed by atoms with E-state index in [1.165, 1.54) is 11.1 Å². The molecule has 1 heterocycles. The highest BCUT2D eigenvalue weighted by atomic mass is 79.9. The van der Waals surface area contributed by atoms with Crippen LogP contribution in [0.15, 0.2) is 53.1 Å². The maximum atomic E-state index is 4.28. The number of halogens is 1. The van der Waals surface area contributed by atoms with Crippen LogP contribution in [-0.2, 0) is 0 Å². The number of hydrogen-bond donors (Lipinski definition) is 0. The molecular formula is C14H12BrN. The van der Waals surface area contributed by atoms with E-state index in [4.69, 9.17) is 0 Å². The molecule has 0 spiro atoms. The summed E-state index contributed by atoms with van der Waals surface area (Å²) in [6.45, 7) is 2.10. The lowest BCUT2D eigenvalue weighted by Crippen LogP contribution is -1.82. The van der Waals surface area contributed by atoms with Crippen LogP contribution < -0.4 is 0 Å². The second kappa shape index (κ2) is 5.08. The van der Waals surface area contributed by atoms with E-state index in [-0.39, 0.29) is 0 Å². The summed E-state index contributed by atoms with van der Waals surface area (Å²) in [4.78, 5) is 4.28. The first kappa shape index (κ1) is 11.1. The third kappa shape index (κ3) is 2.80. The number of pyridine rings is 1. The van der Waals surface area contributed by atoms with Gasteiger partial charge in [-0.3, -0.25) is 4.98 Å². The molecule has 0 aliphatic heterocycles. The standard InChI is InChI=1S/C14H12BrN/c1-11(10-14-4-2-3-9-16-14)12-5-7-13(15)8-6-12/h2-10H,1H3/b11-10+. The molecule has 0 saturated heterocycles. The number of rotatable bonds is 2. The van der Waals surface area contributed by atoms with E-state index < -0.39 is 0 Å². The summed E-state index contributed by atoms with van der Waals surface area (Å²) in [6, 6.07) is 14.2. The number of aromatic nitrogens is 1. The molecule has 0 saturated carbocycles. The summed E-state index contributed by atoms with van der Waals surface area (Å²) < 4.78 is 1.10. The molecule has 0 atom stereocenters. The number of benzene rings is 1. The average Bonchev–Trinajstić information content (AvgIpc) is 2.31. The molecule has 0 amide bonds. The van der Waals surface area contributed by atoms with Gasteiger partial charge in [-0.25, -0.2) is 0 Å². The minimum atomic E-state index is 0.989. The Balaban J connectivity index is 2.28. The molecule has 1 nitrogen and oxygen atoms in total. The molecule has 2 heteroatoms. The number of hydrogen-bond acceptors (Lipinski definition) is 1. The van der Waals surface area contributed by atoms with E-state index in [1.807, 2.05) is 30.3 Å². The zero-order chi connectivity index (χ0) is 11.4. The van der Waals surface area contributed by atoms with E-state index in [9.17, 15) is 0 Å². The Morgan fingerprint density at radius 3 is 2.50 bits per heavy atom. The predicted molar refractivity (Wildman–Crippen MR) is 71.9 cm³/mol. The lowest BCUT2D eigenvalue weighted by Gasteiger charge is -2.01. The molecule has 0 N–H and O–H groups in total. The SMILES string of the molecule is C/C(=C\c1ccccn1)c1ccc(Br)cc1. The van der Waals surface area contributed by atoms with Crippen LogP contribution in [0.1, 0.15) is 18.2 Å². The van der Waals surface area contributed by atoms with Gasteiger partial charge in [0, 0.05) is 10.7 Å². The molecule has 1 aromatic carbocycles. The molecule has 16 heavy (non-hydrogen) atoms. The van der Waals surface area contributed by atoms with Crippen molar-refractivity contribution in [3.63, 3.8) is 0 Å². The summed E-state index contributed by atoms with van der Waals surface area (Å²) in [5.74, 6) is 0. The molecule has 2 aromatic rings. The summed E-state index contributed by atoms with van der Waals surface area (Å²) in [5.41, 5.74) is 3.42. The Bertz CT molecular complexity index is 486. The fourth-order valence-corrected chi connectivity index (χ4v) is 1.74. The maximum absolute atomic E-state index is 4.28. The van der Waals surface area contributed by atoms with Gasteiger partial charge < -0.3 is 0 Å². The quantitative estimate of drug-likeness (QED) is 0.790. The van der Waals surface area contributed by atoms with E-state index in [0.717, 1.165) is 10.2 Å². The van der Waals surface area contributed by atoms with Gasteiger partial charge in [-0.1, -0.05) is 34.1 Å². The van der Waals surface area contributed by atoms with Crippen molar-refractivity contribution in [2.75, 3.05) is 0 Å². The smallest absolute Gasteiger partial charge is 0.0632 e. The molecular weight excluding hydrogens is 262 g/mol. The second-order valence-electron chi connectivity index (χ2n) is 3.59. The van der Waals surface area contributed by atoms with Gasteiger partial charge in [-0.15, -0.1) is 0 Å². The van der Waals surface area contributed by atoms with Crippen molar-refractivity contribution in [1.29, 1.82) is 0 Å². The monoisotopic (exact) mass is 273 g/mol. The highest BCUT2D eigenvalue weighted by Crippen LogP contribution is 2.19. The number of nitrogens with zero attached hydrogens (tertiary/aromatic N) is 1. The van der Waals surface area contributed by atoms with E-state index in [2.05, 4.69) is 46.0 Å². The van der Waals surface area contributed by atoms with Gasteiger partial charge in [0.2, 0.25) is 0 Å². The summed E-state index contributed by atoms with van der Waals surface area (Å²) in [6.07, 6.45) is 3.89. The van der Waals surface area contributed by atoms with E-state index in [1.54, 1.807) is 6.20 Å². The van der Waals surface area contributed by atoms with Gasteiger partial charge in [-0.2, -0.15) is 0 Å². The number of allylic oxidation sites excluding steroid dienone is 1. The van der Waals surface area contributed by atoms with Crippen LogP contribution in [0, 0.1) is 0 Å². The van der Waals surface area contributed by atoms with Crippen molar-refractivity contribution in [3.05, 3.63) is 64.4 Å². The van der Waals surface area contributed by atoms with Crippen molar-refractivity contribution in [3.8, 4) is 0 Å². The largest absolute Gasteiger partial charge is 0.257 e. The van der Waals surface area contributed by atoms with Crippen molar-refractivity contribution in [2.45, 2.75) is 6.92 Å². The van der Waals surface area contributed by atoms with Crippen LogP contribution in [-0.4, -0.2) is 4.98 Å². The third-order valence-electron chi connectivity index (χ3n) is 2.35. The lowest BCUT2D eigenvalue weighted by atomic mass is 10.1.